The predicted octanol–water partition coefficient (Wildman–Crippen LogP) is 6.03. The molecule has 31 heavy (non-hydrogen) atoms. The van der Waals surface area contributed by atoms with Gasteiger partial charge in [0.25, 0.3) is 11.8 Å². The summed E-state index contributed by atoms with van der Waals surface area (Å²) in [4.78, 5) is 25.0. The molecule has 0 aliphatic heterocycles. The van der Waals surface area contributed by atoms with Crippen LogP contribution in [0.3, 0.4) is 0 Å². The quantitative estimate of drug-likeness (QED) is 0.381. The molecular weight excluding hydrogens is 524 g/mol. The van der Waals surface area contributed by atoms with E-state index in [-0.39, 0.29) is 24.5 Å². The largest absolute Gasteiger partial charge is 0.482 e. The summed E-state index contributed by atoms with van der Waals surface area (Å²) in [5, 5.41) is 5.75. The van der Waals surface area contributed by atoms with E-state index in [0.29, 0.717) is 17.0 Å². The Labute approximate surface area is 198 Å². The Hall–Kier alpha value is -2.64. The number of halogens is 2. The van der Waals surface area contributed by atoms with Crippen molar-refractivity contribution in [1.29, 1.82) is 0 Å². The molecule has 0 aliphatic carbocycles. The molecule has 0 radical (unpaired) electrons. The van der Waals surface area contributed by atoms with Gasteiger partial charge in [0.15, 0.2) is 6.61 Å². The van der Waals surface area contributed by atoms with E-state index >= 15 is 0 Å². The molecule has 0 bridgehead atoms. The number of nitrogens with one attached hydrogen (secondary N) is 2. The maximum atomic E-state index is 12.6. The van der Waals surface area contributed by atoms with Crippen LogP contribution < -0.4 is 15.4 Å². The van der Waals surface area contributed by atoms with Crippen LogP contribution in [0.2, 0.25) is 0 Å². The lowest BCUT2D eigenvalue weighted by Crippen LogP contribution is -2.27. The molecule has 0 saturated carbocycles. The molecule has 0 saturated heterocycles. The average Bonchev–Trinajstić information content (AvgIpc) is 2.73. The second-order valence-electron chi connectivity index (χ2n) is 7.06. The monoisotopic (exact) mass is 544 g/mol. The van der Waals surface area contributed by atoms with E-state index in [1.54, 1.807) is 24.3 Å². The first-order chi connectivity index (χ1) is 14.8. The van der Waals surface area contributed by atoms with Crippen molar-refractivity contribution in [2.75, 3.05) is 11.9 Å². The summed E-state index contributed by atoms with van der Waals surface area (Å²) in [7, 11) is 0. The second kappa shape index (κ2) is 10.6. The fourth-order valence-electron chi connectivity index (χ4n) is 3.05. The highest BCUT2D eigenvalue weighted by atomic mass is 79.9. The topological polar surface area (TPSA) is 67.4 Å². The van der Waals surface area contributed by atoms with Gasteiger partial charge in [0, 0.05) is 15.7 Å². The molecule has 3 rings (SSSR count). The van der Waals surface area contributed by atoms with Gasteiger partial charge < -0.3 is 15.4 Å². The summed E-state index contributed by atoms with van der Waals surface area (Å²) in [5.74, 6) is 0.0870. The predicted molar refractivity (Wildman–Crippen MR) is 129 cm³/mol. The lowest BCUT2D eigenvalue weighted by atomic mass is 10.1. The first-order valence-corrected chi connectivity index (χ1v) is 11.3. The number of ether oxygens (including phenoxy) is 1. The van der Waals surface area contributed by atoms with E-state index in [0.717, 1.165) is 20.1 Å². The molecule has 5 nitrogen and oxygen atoms in total. The first kappa shape index (κ1) is 23.0. The number of hydrogen-bond acceptors (Lipinski definition) is 3. The maximum Gasteiger partial charge on any atom is 0.262 e. The Morgan fingerprint density at radius 3 is 2.45 bits per heavy atom. The summed E-state index contributed by atoms with van der Waals surface area (Å²) in [6, 6.07) is 20.2. The number of amides is 2. The zero-order chi connectivity index (χ0) is 22.4. The van der Waals surface area contributed by atoms with Gasteiger partial charge in [-0.05, 0) is 71.2 Å². The van der Waals surface area contributed by atoms with E-state index in [2.05, 4.69) is 42.5 Å². The number of hydrogen-bond donors (Lipinski definition) is 2. The van der Waals surface area contributed by atoms with Crippen LogP contribution in [0, 0.1) is 6.92 Å². The van der Waals surface area contributed by atoms with Crippen LogP contribution in [-0.4, -0.2) is 18.4 Å². The fraction of sp³-hybridized carbons (Fsp3) is 0.167. The van der Waals surface area contributed by atoms with E-state index in [9.17, 15) is 9.59 Å². The Morgan fingerprint density at radius 2 is 1.74 bits per heavy atom. The molecule has 0 fully saturated rings. The normalized spacial score (nSPS) is 11.5. The van der Waals surface area contributed by atoms with Crippen LogP contribution in [-0.2, 0) is 4.79 Å². The molecule has 160 valence electrons. The van der Waals surface area contributed by atoms with Gasteiger partial charge in [0.05, 0.1) is 10.5 Å². The summed E-state index contributed by atoms with van der Waals surface area (Å²) >= 11 is 6.87. The Balaban J connectivity index is 1.60. The highest BCUT2D eigenvalue weighted by Crippen LogP contribution is 2.32. The van der Waals surface area contributed by atoms with Gasteiger partial charge in [0.2, 0.25) is 0 Å². The van der Waals surface area contributed by atoms with Crippen LogP contribution in [0.4, 0.5) is 5.69 Å². The Bertz CT molecular complexity index is 1060. The van der Waals surface area contributed by atoms with E-state index in [4.69, 9.17) is 4.74 Å². The molecule has 2 N–H and O–H groups in total. The summed E-state index contributed by atoms with van der Waals surface area (Å²) in [6.07, 6.45) is 0. The average molecular weight is 546 g/mol. The van der Waals surface area contributed by atoms with Gasteiger partial charge >= 0.3 is 0 Å². The van der Waals surface area contributed by atoms with Gasteiger partial charge in [-0.25, -0.2) is 0 Å². The number of carbonyl (C=O) groups excluding carboxylic acids is 2. The Morgan fingerprint density at radius 1 is 1.00 bits per heavy atom. The number of benzene rings is 3. The number of rotatable bonds is 7. The van der Waals surface area contributed by atoms with E-state index < -0.39 is 0 Å². The first-order valence-electron chi connectivity index (χ1n) is 9.67. The highest BCUT2D eigenvalue weighted by Gasteiger charge is 2.13. The van der Waals surface area contributed by atoms with Crippen molar-refractivity contribution >= 4 is 49.4 Å². The molecule has 7 heteroatoms. The van der Waals surface area contributed by atoms with Crippen molar-refractivity contribution in [2.45, 2.75) is 19.9 Å². The minimum atomic E-state index is -0.315. The van der Waals surface area contributed by atoms with Crippen LogP contribution in [0.15, 0.2) is 75.7 Å². The highest BCUT2D eigenvalue weighted by molar-refractivity contribution is 9.11. The van der Waals surface area contributed by atoms with Crippen LogP contribution in [0.25, 0.3) is 0 Å². The molecule has 2 amide bonds. The molecule has 1 unspecified atom stereocenters. The van der Waals surface area contributed by atoms with Crippen molar-refractivity contribution < 1.29 is 14.3 Å². The SMILES string of the molecule is Cc1cc(Br)cc(Br)c1OCC(=O)Nc1cccc(C(=O)NC(C)c2ccccc2)c1. The van der Waals surface area contributed by atoms with Crippen molar-refractivity contribution in [3.05, 3.63) is 92.4 Å². The smallest absolute Gasteiger partial charge is 0.262 e. The third kappa shape index (κ3) is 6.42. The van der Waals surface area contributed by atoms with Crippen LogP contribution in [0.1, 0.15) is 34.5 Å². The van der Waals surface area contributed by atoms with Crippen molar-refractivity contribution in [3.8, 4) is 5.75 Å². The third-order valence-electron chi connectivity index (χ3n) is 4.60. The molecule has 0 spiro atoms. The second-order valence-corrected chi connectivity index (χ2v) is 8.83. The van der Waals surface area contributed by atoms with E-state index in [1.807, 2.05) is 56.3 Å². The van der Waals surface area contributed by atoms with Gasteiger partial charge in [-0.15, -0.1) is 0 Å². The minimum absolute atomic E-state index is 0.132. The summed E-state index contributed by atoms with van der Waals surface area (Å²) in [5.41, 5.74) is 2.92. The van der Waals surface area contributed by atoms with Gasteiger partial charge in [-0.1, -0.05) is 52.3 Å². The fourth-order valence-corrected chi connectivity index (χ4v) is 4.60. The van der Waals surface area contributed by atoms with Crippen molar-refractivity contribution in [1.82, 2.24) is 5.32 Å². The van der Waals surface area contributed by atoms with E-state index in [1.165, 1.54) is 0 Å². The zero-order valence-electron chi connectivity index (χ0n) is 17.1. The van der Waals surface area contributed by atoms with Crippen molar-refractivity contribution in [2.24, 2.45) is 0 Å². The van der Waals surface area contributed by atoms with Crippen LogP contribution in [0.5, 0.6) is 5.75 Å². The maximum absolute atomic E-state index is 12.6. The molecule has 3 aromatic carbocycles. The summed E-state index contributed by atoms with van der Waals surface area (Å²) < 4.78 is 7.36. The van der Waals surface area contributed by atoms with Crippen molar-refractivity contribution in [3.63, 3.8) is 0 Å². The molecular formula is C24H22Br2N2O3. The summed E-state index contributed by atoms with van der Waals surface area (Å²) in [6.45, 7) is 3.68. The lowest BCUT2D eigenvalue weighted by Gasteiger charge is -2.15. The molecule has 1 atom stereocenters. The lowest BCUT2D eigenvalue weighted by molar-refractivity contribution is -0.118. The minimum Gasteiger partial charge on any atom is -0.482 e. The molecule has 0 aliphatic rings. The van der Waals surface area contributed by atoms with Crippen LogP contribution >= 0.6 is 31.9 Å². The van der Waals surface area contributed by atoms with Gasteiger partial charge in [-0.2, -0.15) is 0 Å². The molecule has 0 heterocycles. The molecule has 3 aromatic rings. The number of aryl methyl sites for hydroxylation is 1. The molecule has 0 aromatic heterocycles. The zero-order valence-corrected chi connectivity index (χ0v) is 20.3. The standard InChI is InChI=1S/C24H22Br2N2O3/c1-15-11-19(25)13-21(26)23(15)31-14-22(29)28-20-10-6-9-18(12-20)24(30)27-16(2)17-7-4-3-5-8-17/h3-13,16H,14H2,1-2H3,(H,27,30)(H,28,29). The number of anilines is 1. The Kier molecular flexibility index (Phi) is 7.87. The van der Waals surface area contributed by atoms with Gasteiger partial charge in [0.1, 0.15) is 5.75 Å². The van der Waals surface area contributed by atoms with Gasteiger partial charge in [-0.3, -0.25) is 9.59 Å². The number of carbonyl (C=O) groups is 2. The third-order valence-corrected chi connectivity index (χ3v) is 5.64.